The first-order valence-electron chi connectivity index (χ1n) is 5.83. The fourth-order valence-corrected chi connectivity index (χ4v) is 1.83. The van der Waals surface area contributed by atoms with Gasteiger partial charge in [-0.15, -0.1) is 5.10 Å². The van der Waals surface area contributed by atoms with Crippen LogP contribution in [0.4, 0.5) is 0 Å². The number of carboxylic acid groups (broad SMARTS) is 1. The van der Waals surface area contributed by atoms with Crippen LogP contribution in [0.2, 0.25) is 0 Å². The first-order chi connectivity index (χ1) is 8.61. The van der Waals surface area contributed by atoms with Crippen molar-refractivity contribution in [3.05, 3.63) is 46.8 Å². The average molecular weight is 245 g/mol. The molecule has 5 heteroatoms. The fraction of sp³-hybridized carbons (Fsp3) is 0.308. The molecule has 2 aromatic rings. The monoisotopic (exact) mass is 245 g/mol. The summed E-state index contributed by atoms with van der Waals surface area (Å²) in [4.78, 5) is 11.1. The Balaban J connectivity index is 2.25. The molecule has 0 unspecified atom stereocenters. The summed E-state index contributed by atoms with van der Waals surface area (Å²) in [5.41, 5.74) is 2.86. The van der Waals surface area contributed by atoms with Gasteiger partial charge in [-0.05, 0) is 24.5 Å². The van der Waals surface area contributed by atoms with Crippen LogP contribution in [-0.4, -0.2) is 26.1 Å². The molecule has 0 aliphatic carbocycles. The summed E-state index contributed by atoms with van der Waals surface area (Å²) in [6, 6.07) is 8.06. The van der Waals surface area contributed by atoms with E-state index in [0.29, 0.717) is 12.2 Å². The molecule has 5 nitrogen and oxygen atoms in total. The first-order valence-corrected chi connectivity index (χ1v) is 5.83. The lowest BCUT2D eigenvalue weighted by Gasteiger charge is -2.05. The number of hydrogen-bond acceptors (Lipinski definition) is 3. The van der Waals surface area contributed by atoms with E-state index >= 15 is 0 Å². The molecule has 0 bridgehead atoms. The number of aryl methyl sites for hydroxylation is 2. The predicted molar refractivity (Wildman–Crippen MR) is 66.6 cm³/mol. The maximum Gasteiger partial charge on any atom is 0.356 e. The molecule has 1 aromatic carbocycles. The standard InChI is InChI=1S/C13H15N3O2/c1-3-10-4-6-11(7-5-10)8-16-12(13(17)18)9(2)14-15-16/h4-7H,3,8H2,1-2H3,(H,17,18). The summed E-state index contributed by atoms with van der Waals surface area (Å²) < 4.78 is 1.42. The Morgan fingerprint density at radius 1 is 1.28 bits per heavy atom. The molecule has 18 heavy (non-hydrogen) atoms. The van der Waals surface area contributed by atoms with Gasteiger partial charge in [-0.1, -0.05) is 36.4 Å². The molecule has 0 saturated carbocycles. The fourth-order valence-electron chi connectivity index (χ4n) is 1.83. The summed E-state index contributed by atoms with van der Waals surface area (Å²) in [5, 5.41) is 16.8. The van der Waals surface area contributed by atoms with Crippen LogP contribution in [0.3, 0.4) is 0 Å². The third kappa shape index (κ3) is 2.40. The Labute approximate surface area is 105 Å². The van der Waals surface area contributed by atoms with Gasteiger partial charge in [-0.3, -0.25) is 0 Å². The lowest BCUT2D eigenvalue weighted by molar-refractivity contribution is 0.0683. The molecule has 1 N–H and O–H groups in total. The summed E-state index contributed by atoms with van der Waals surface area (Å²) in [6.07, 6.45) is 0.989. The van der Waals surface area contributed by atoms with Crippen molar-refractivity contribution in [3.63, 3.8) is 0 Å². The minimum absolute atomic E-state index is 0.148. The highest BCUT2D eigenvalue weighted by atomic mass is 16.4. The van der Waals surface area contributed by atoms with E-state index in [9.17, 15) is 4.79 Å². The molecule has 94 valence electrons. The SMILES string of the molecule is CCc1ccc(Cn2nnc(C)c2C(=O)O)cc1. The van der Waals surface area contributed by atoms with Crippen molar-refractivity contribution in [1.82, 2.24) is 15.0 Å². The topological polar surface area (TPSA) is 68.0 Å². The minimum atomic E-state index is -0.998. The summed E-state index contributed by atoms with van der Waals surface area (Å²) >= 11 is 0. The molecule has 2 rings (SSSR count). The van der Waals surface area contributed by atoms with Crippen LogP contribution in [0.1, 0.15) is 34.2 Å². The number of rotatable bonds is 4. The number of aromatic carboxylic acids is 1. The minimum Gasteiger partial charge on any atom is -0.476 e. The Kier molecular flexibility index (Phi) is 3.41. The molecule has 0 saturated heterocycles. The smallest absolute Gasteiger partial charge is 0.356 e. The van der Waals surface area contributed by atoms with Crippen LogP contribution in [0.25, 0.3) is 0 Å². The van der Waals surface area contributed by atoms with Gasteiger partial charge in [-0.25, -0.2) is 9.48 Å². The van der Waals surface area contributed by atoms with Gasteiger partial charge in [0.15, 0.2) is 5.69 Å². The van der Waals surface area contributed by atoms with Gasteiger partial charge in [0.1, 0.15) is 0 Å². The van der Waals surface area contributed by atoms with E-state index in [1.165, 1.54) is 10.2 Å². The number of carbonyl (C=O) groups is 1. The predicted octanol–water partition coefficient (Wildman–Crippen LogP) is 1.90. The molecular formula is C13H15N3O2. The molecule has 0 radical (unpaired) electrons. The van der Waals surface area contributed by atoms with Gasteiger partial charge in [0, 0.05) is 0 Å². The van der Waals surface area contributed by atoms with Crippen molar-refractivity contribution in [3.8, 4) is 0 Å². The number of nitrogens with zero attached hydrogens (tertiary/aromatic N) is 3. The Hall–Kier alpha value is -2.17. The zero-order chi connectivity index (χ0) is 13.1. The van der Waals surface area contributed by atoms with Gasteiger partial charge in [0.05, 0.1) is 12.2 Å². The third-order valence-electron chi connectivity index (χ3n) is 2.87. The van der Waals surface area contributed by atoms with Gasteiger partial charge >= 0.3 is 5.97 Å². The second-order valence-electron chi connectivity index (χ2n) is 4.16. The number of aromatic nitrogens is 3. The zero-order valence-electron chi connectivity index (χ0n) is 10.4. The van der Waals surface area contributed by atoms with E-state index in [1.807, 2.05) is 24.3 Å². The van der Waals surface area contributed by atoms with Crippen LogP contribution < -0.4 is 0 Å². The van der Waals surface area contributed by atoms with Gasteiger partial charge in [0.25, 0.3) is 0 Å². The highest BCUT2D eigenvalue weighted by Crippen LogP contribution is 2.10. The van der Waals surface area contributed by atoms with Gasteiger partial charge in [0.2, 0.25) is 0 Å². The molecule has 0 amide bonds. The van der Waals surface area contributed by atoms with Crippen molar-refractivity contribution >= 4 is 5.97 Å². The summed E-state index contributed by atoms with van der Waals surface area (Å²) in [6.45, 7) is 4.16. The maximum absolute atomic E-state index is 11.1. The number of benzene rings is 1. The van der Waals surface area contributed by atoms with Crippen LogP contribution >= 0.6 is 0 Å². The van der Waals surface area contributed by atoms with Crippen LogP contribution in [-0.2, 0) is 13.0 Å². The molecule has 0 spiro atoms. The van der Waals surface area contributed by atoms with Crippen LogP contribution in [0.15, 0.2) is 24.3 Å². The van der Waals surface area contributed by atoms with Gasteiger partial charge < -0.3 is 5.11 Å². The number of hydrogen-bond donors (Lipinski definition) is 1. The Bertz CT molecular complexity index is 558. The van der Waals surface area contributed by atoms with E-state index < -0.39 is 5.97 Å². The second kappa shape index (κ2) is 5.00. The van der Waals surface area contributed by atoms with E-state index in [1.54, 1.807) is 6.92 Å². The Morgan fingerprint density at radius 2 is 1.89 bits per heavy atom. The maximum atomic E-state index is 11.1. The zero-order valence-corrected chi connectivity index (χ0v) is 10.4. The van der Waals surface area contributed by atoms with Crippen molar-refractivity contribution in [1.29, 1.82) is 0 Å². The molecule has 1 heterocycles. The highest BCUT2D eigenvalue weighted by molar-refractivity contribution is 5.86. The van der Waals surface area contributed by atoms with E-state index in [4.69, 9.17) is 5.11 Å². The summed E-state index contributed by atoms with van der Waals surface area (Å²) in [7, 11) is 0. The molecule has 0 aliphatic heterocycles. The molecule has 0 fully saturated rings. The van der Waals surface area contributed by atoms with Crippen molar-refractivity contribution in [2.75, 3.05) is 0 Å². The van der Waals surface area contributed by atoms with Crippen molar-refractivity contribution in [2.45, 2.75) is 26.8 Å². The summed E-state index contributed by atoms with van der Waals surface area (Å²) in [5.74, 6) is -0.998. The van der Waals surface area contributed by atoms with E-state index in [0.717, 1.165) is 12.0 Å². The quantitative estimate of drug-likeness (QED) is 0.893. The largest absolute Gasteiger partial charge is 0.476 e. The van der Waals surface area contributed by atoms with E-state index in [-0.39, 0.29) is 5.69 Å². The first kappa shape index (κ1) is 12.3. The third-order valence-corrected chi connectivity index (χ3v) is 2.87. The molecule has 0 aliphatic rings. The molecular weight excluding hydrogens is 230 g/mol. The van der Waals surface area contributed by atoms with Gasteiger partial charge in [-0.2, -0.15) is 0 Å². The van der Waals surface area contributed by atoms with Crippen LogP contribution in [0, 0.1) is 6.92 Å². The molecule has 1 aromatic heterocycles. The van der Waals surface area contributed by atoms with Crippen molar-refractivity contribution < 1.29 is 9.90 Å². The lowest BCUT2D eigenvalue weighted by atomic mass is 10.1. The normalized spacial score (nSPS) is 10.6. The van der Waals surface area contributed by atoms with E-state index in [2.05, 4.69) is 17.2 Å². The average Bonchev–Trinajstić information content (AvgIpc) is 2.71. The molecule has 0 atom stereocenters. The Morgan fingerprint density at radius 3 is 2.44 bits per heavy atom. The number of carboxylic acids is 1. The second-order valence-corrected chi connectivity index (χ2v) is 4.16. The lowest BCUT2D eigenvalue weighted by Crippen LogP contribution is -2.12. The van der Waals surface area contributed by atoms with Crippen molar-refractivity contribution in [2.24, 2.45) is 0 Å². The van der Waals surface area contributed by atoms with Crippen LogP contribution in [0.5, 0.6) is 0 Å². The highest BCUT2D eigenvalue weighted by Gasteiger charge is 2.16.